The molecule has 3 N–H and O–H groups in total. The zero-order valence-electron chi connectivity index (χ0n) is 16.2. The fourth-order valence-corrected chi connectivity index (χ4v) is 2.89. The van der Waals surface area contributed by atoms with Gasteiger partial charge in [-0.3, -0.25) is 9.88 Å². The number of aromatic nitrogens is 1. The zero-order valence-corrected chi connectivity index (χ0v) is 16.2. The molecule has 2 aromatic rings. The van der Waals surface area contributed by atoms with Crippen molar-refractivity contribution in [1.29, 1.82) is 0 Å². The van der Waals surface area contributed by atoms with E-state index in [2.05, 4.69) is 9.88 Å². The summed E-state index contributed by atoms with van der Waals surface area (Å²) in [5.74, 6) is 0.345. The van der Waals surface area contributed by atoms with E-state index in [1.165, 1.54) is 0 Å². The summed E-state index contributed by atoms with van der Waals surface area (Å²) in [6.07, 6.45) is 5.55. The SMILES string of the molecule is CC.CC.Cc1cccc(C2c3ccncc3C(N)=CCN2C)c1O. The summed E-state index contributed by atoms with van der Waals surface area (Å²) < 4.78 is 0. The number of rotatable bonds is 1. The molecule has 136 valence electrons. The third-order valence-electron chi connectivity index (χ3n) is 4.06. The van der Waals surface area contributed by atoms with Gasteiger partial charge in [0.05, 0.1) is 6.04 Å². The van der Waals surface area contributed by atoms with Crippen LogP contribution in [0.25, 0.3) is 5.70 Å². The molecule has 3 rings (SSSR count). The molecular formula is C21H31N3O. The number of para-hydroxylation sites is 1. The summed E-state index contributed by atoms with van der Waals surface area (Å²) in [7, 11) is 2.03. The Labute approximate surface area is 152 Å². The second kappa shape index (κ2) is 9.84. The normalized spacial score (nSPS) is 16.2. The first kappa shape index (κ1) is 20.7. The van der Waals surface area contributed by atoms with Crippen molar-refractivity contribution in [2.24, 2.45) is 5.73 Å². The van der Waals surface area contributed by atoms with Crippen LogP contribution in [-0.4, -0.2) is 28.6 Å². The van der Waals surface area contributed by atoms with Gasteiger partial charge in [0.15, 0.2) is 0 Å². The van der Waals surface area contributed by atoms with E-state index in [0.29, 0.717) is 5.75 Å². The smallest absolute Gasteiger partial charge is 0.123 e. The number of fused-ring (bicyclic) bond motifs is 1. The molecule has 0 aliphatic carbocycles. The van der Waals surface area contributed by atoms with Gasteiger partial charge in [-0.2, -0.15) is 0 Å². The summed E-state index contributed by atoms with van der Waals surface area (Å²) in [5.41, 5.74) is 10.7. The molecule has 4 heteroatoms. The van der Waals surface area contributed by atoms with Crippen molar-refractivity contribution in [2.45, 2.75) is 40.7 Å². The monoisotopic (exact) mass is 341 g/mol. The number of aryl methyl sites for hydroxylation is 1. The lowest BCUT2D eigenvalue weighted by Crippen LogP contribution is -2.25. The maximum absolute atomic E-state index is 10.5. The van der Waals surface area contributed by atoms with Crippen LogP contribution in [0, 0.1) is 6.92 Å². The van der Waals surface area contributed by atoms with Gasteiger partial charge in [0.2, 0.25) is 0 Å². The van der Waals surface area contributed by atoms with E-state index in [-0.39, 0.29) is 6.04 Å². The largest absolute Gasteiger partial charge is 0.507 e. The van der Waals surface area contributed by atoms with E-state index in [1.54, 1.807) is 12.4 Å². The third kappa shape index (κ3) is 4.40. The van der Waals surface area contributed by atoms with Crippen molar-refractivity contribution in [1.82, 2.24) is 9.88 Å². The Morgan fingerprint density at radius 2 is 1.80 bits per heavy atom. The molecule has 1 unspecified atom stereocenters. The molecule has 0 saturated heterocycles. The fourth-order valence-electron chi connectivity index (χ4n) is 2.89. The molecule has 1 aromatic carbocycles. The molecule has 25 heavy (non-hydrogen) atoms. The maximum atomic E-state index is 10.5. The van der Waals surface area contributed by atoms with Crippen LogP contribution in [0.3, 0.4) is 0 Å². The van der Waals surface area contributed by atoms with Crippen molar-refractivity contribution in [3.63, 3.8) is 0 Å². The Hall–Kier alpha value is -2.33. The second-order valence-corrected chi connectivity index (χ2v) is 5.48. The summed E-state index contributed by atoms with van der Waals surface area (Å²) in [6, 6.07) is 7.79. The number of likely N-dealkylation sites (N-methyl/N-ethyl adjacent to an activating group) is 1. The van der Waals surface area contributed by atoms with Crippen molar-refractivity contribution >= 4 is 5.70 Å². The van der Waals surface area contributed by atoms with Gasteiger partial charge in [0.1, 0.15) is 5.75 Å². The first-order valence-electron chi connectivity index (χ1n) is 8.98. The molecule has 0 bridgehead atoms. The highest BCUT2D eigenvalue weighted by molar-refractivity contribution is 5.67. The topological polar surface area (TPSA) is 62.4 Å². The Balaban J connectivity index is 0.000000730. The molecule has 0 fully saturated rings. The summed E-state index contributed by atoms with van der Waals surface area (Å²) in [4.78, 5) is 6.36. The molecule has 1 aliphatic rings. The minimum Gasteiger partial charge on any atom is -0.507 e. The predicted molar refractivity (Wildman–Crippen MR) is 106 cm³/mol. The van der Waals surface area contributed by atoms with Gasteiger partial charge < -0.3 is 10.8 Å². The number of hydrogen-bond acceptors (Lipinski definition) is 4. The minimum absolute atomic E-state index is 0.0415. The van der Waals surface area contributed by atoms with Crippen LogP contribution < -0.4 is 5.73 Å². The van der Waals surface area contributed by atoms with Crippen molar-refractivity contribution in [3.05, 3.63) is 65.0 Å². The highest BCUT2D eigenvalue weighted by Crippen LogP contribution is 2.38. The Morgan fingerprint density at radius 1 is 1.12 bits per heavy atom. The van der Waals surface area contributed by atoms with Crippen LogP contribution in [0.2, 0.25) is 0 Å². The maximum Gasteiger partial charge on any atom is 0.123 e. The van der Waals surface area contributed by atoms with E-state index in [0.717, 1.165) is 34.5 Å². The van der Waals surface area contributed by atoms with Crippen molar-refractivity contribution in [2.75, 3.05) is 13.6 Å². The summed E-state index contributed by atoms with van der Waals surface area (Å²) in [5, 5.41) is 10.5. The molecule has 1 aromatic heterocycles. The average molecular weight is 341 g/mol. The number of phenolic OH excluding ortho intramolecular Hbond substituents is 1. The predicted octanol–water partition coefficient (Wildman–Crippen LogP) is 4.48. The molecule has 1 atom stereocenters. The standard InChI is InChI=1S/C17H19N3O.2C2H6/c1-11-4-3-5-13(17(11)21)16-12-6-8-19-10-14(12)15(18)7-9-20(16)2;2*1-2/h3-8,10,16,21H,9,18H2,1-2H3;2*1-2H3. The van der Waals surface area contributed by atoms with Gasteiger partial charge >= 0.3 is 0 Å². The Kier molecular flexibility index (Phi) is 8.16. The quantitative estimate of drug-likeness (QED) is 0.802. The number of aromatic hydroxyl groups is 1. The highest BCUT2D eigenvalue weighted by atomic mass is 16.3. The van der Waals surface area contributed by atoms with E-state index in [1.807, 2.05) is 72.0 Å². The van der Waals surface area contributed by atoms with Crippen molar-refractivity contribution < 1.29 is 5.11 Å². The lowest BCUT2D eigenvalue weighted by atomic mass is 9.93. The lowest BCUT2D eigenvalue weighted by molar-refractivity contribution is 0.303. The summed E-state index contributed by atoms with van der Waals surface area (Å²) >= 11 is 0. The molecule has 4 nitrogen and oxygen atoms in total. The Morgan fingerprint density at radius 3 is 2.48 bits per heavy atom. The van der Waals surface area contributed by atoms with Crippen LogP contribution in [0.1, 0.15) is 56.0 Å². The third-order valence-corrected chi connectivity index (χ3v) is 4.06. The summed E-state index contributed by atoms with van der Waals surface area (Å²) in [6.45, 7) is 10.6. The number of pyridine rings is 1. The van der Waals surface area contributed by atoms with Crippen LogP contribution >= 0.6 is 0 Å². The molecule has 0 amide bonds. The van der Waals surface area contributed by atoms with Crippen LogP contribution in [0.5, 0.6) is 5.75 Å². The molecule has 2 heterocycles. The molecule has 1 aliphatic heterocycles. The first-order chi connectivity index (χ1) is 12.1. The average Bonchev–Trinajstić information content (AvgIpc) is 2.78. The van der Waals surface area contributed by atoms with Crippen LogP contribution in [0.15, 0.2) is 42.7 Å². The highest BCUT2D eigenvalue weighted by Gasteiger charge is 2.27. The van der Waals surface area contributed by atoms with Crippen LogP contribution in [0.4, 0.5) is 0 Å². The number of benzene rings is 1. The lowest BCUT2D eigenvalue weighted by Gasteiger charge is -2.28. The van der Waals surface area contributed by atoms with Crippen LogP contribution in [-0.2, 0) is 0 Å². The second-order valence-electron chi connectivity index (χ2n) is 5.48. The fraction of sp³-hybridized carbons (Fsp3) is 0.381. The van der Waals surface area contributed by atoms with Gasteiger partial charge in [-0.25, -0.2) is 0 Å². The van der Waals surface area contributed by atoms with E-state index < -0.39 is 0 Å². The number of phenols is 1. The van der Waals surface area contributed by atoms with E-state index >= 15 is 0 Å². The Bertz CT molecular complexity index is 710. The van der Waals surface area contributed by atoms with E-state index in [4.69, 9.17) is 5.73 Å². The van der Waals surface area contributed by atoms with Gasteiger partial charge in [-0.15, -0.1) is 0 Å². The molecule has 0 spiro atoms. The van der Waals surface area contributed by atoms with Gasteiger partial charge in [0, 0.05) is 35.8 Å². The number of nitrogens with zero attached hydrogens (tertiary/aromatic N) is 2. The first-order valence-corrected chi connectivity index (χ1v) is 8.98. The van der Waals surface area contributed by atoms with E-state index in [9.17, 15) is 5.11 Å². The molecular weight excluding hydrogens is 310 g/mol. The minimum atomic E-state index is -0.0415. The molecule has 0 radical (unpaired) electrons. The van der Waals surface area contributed by atoms with Crippen molar-refractivity contribution in [3.8, 4) is 5.75 Å². The molecule has 0 saturated carbocycles. The zero-order chi connectivity index (χ0) is 19.0. The number of nitrogens with two attached hydrogens (primary N) is 1. The number of hydrogen-bond donors (Lipinski definition) is 2. The van der Waals surface area contributed by atoms with Gasteiger partial charge in [-0.05, 0) is 37.2 Å². The van der Waals surface area contributed by atoms with Gasteiger partial charge in [-0.1, -0.05) is 45.9 Å². The van der Waals surface area contributed by atoms with Gasteiger partial charge in [0.25, 0.3) is 0 Å².